The molecule has 0 fully saturated rings. The number of fused-ring (bicyclic) bond motifs is 8. The zero-order valence-electron chi connectivity index (χ0n) is 36.7. The van der Waals surface area contributed by atoms with E-state index in [1.165, 1.54) is 54.9 Å². The number of nitrogens with zero attached hydrogens (tertiary/aromatic N) is 2. The predicted octanol–water partition coefficient (Wildman–Crippen LogP) is 17.5. The molecule has 0 saturated heterocycles. The standard InChI is InChI=1S/C60H44N2O2/c1-59(2,3)57-46-23-18-41(37-11-15-39(16-12-37)43-20-26-55-49(30-43)50-33-44(62-7)21-27-56(50)64-55)32-52(46)58(60(4,5)6)45-22-17-40(31-51(45)57)36-9-13-38(14-10-36)42-19-25-54-48(29-42)47-28-35(34-61)8-24-53(47)63-54/h8-33H,1-6H3. The van der Waals surface area contributed by atoms with Crippen LogP contribution in [-0.4, -0.2) is 0 Å². The molecule has 0 saturated carbocycles. The van der Waals surface area contributed by atoms with Gasteiger partial charge in [-0.15, -0.1) is 0 Å². The van der Waals surface area contributed by atoms with Gasteiger partial charge >= 0.3 is 0 Å². The molecule has 64 heavy (non-hydrogen) atoms. The topological polar surface area (TPSA) is 54.4 Å². The van der Waals surface area contributed by atoms with Crippen molar-refractivity contribution in [3.05, 3.63) is 186 Å². The maximum Gasteiger partial charge on any atom is 0.188 e. The van der Waals surface area contributed by atoms with E-state index in [0.29, 0.717) is 11.3 Å². The van der Waals surface area contributed by atoms with E-state index in [1.54, 1.807) is 12.1 Å². The zero-order valence-corrected chi connectivity index (χ0v) is 36.7. The number of benzene rings is 9. The molecule has 9 aromatic carbocycles. The minimum atomic E-state index is -0.124. The fourth-order valence-electron chi connectivity index (χ4n) is 9.95. The molecule has 11 aromatic rings. The summed E-state index contributed by atoms with van der Waals surface area (Å²) in [6.45, 7) is 21.5. The first-order valence-electron chi connectivity index (χ1n) is 21.8. The third kappa shape index (κ3) is 6.42. The van der Waals surface area contributed by atoms with Crippen LogP contribution in [0.4, 0.5) is 5.69 Å². The Morgan fingerprint density at radius 1 is 0.375 bits per heavy atom. The van der Waals surface area contributed by atoms with Crippen LogP contribution in [0.3, 0.4) is 0 Å². The van der Waals surface area contributed by atoms with Crippen molar-refractivity contribution < 1.29 is 8.83 Å². The lowest BCUT2D eigenvalue weighted by Crippen LogP contribution is -2.17. The van der Waals surface area contributed by atoms with Crippen molar-refractivity contribution in [2.24, 2.45) is 0 Å². The van der Waals surface area contributed by atoms with Crippen molar-refractivity contribution in [2.45, 2.75) is 52.4 Å². The van der Waals surface area contributed by atoms with Gasteiger partial charge in [0, 0.05) is 21.5 Å². The van der Waals surface area contributed by atoms with Crippen molar-refractivity contribution in [3.8, 4) is 50.6 Å². The summed E-state index contributed by atoms with van der Waals surface area (Å²) in [5.41, 5.74) is 16.1. The summed E-state index contributed by atoms with van der Waals surface area (Å²) in [6.07, 6.45) is 0. The average Bonchev–Trinajstić information content (AvgIpc) is 3.86. The van der Waals surface area contributed by atoms with E-state index in [9.17, 15) is 5.26 Å². The first kappa shape index (κ1) is 39.0. The zero-order chi connectivity index (χ0) is 44.1. The molecule has 4 nitrogen and oxygen atoms in total. The van der Waals surface area contributed by atoms with E-state index < -0.39 is 0 Å². The van der Waals surface area contributed by atoms with Gasteiger partial charge in [0.2, 0.25) is 0 Å². The number of hydrogen-bond acceptors (Lipinski definition) is 3. The first-order chi connectivity index (χ1) is 30.8. The molecule has 0 atom stereocenters. The molecular formula is C60H44N2O2. The molecule has 0 unspecified atom stereocenters. The maximum atomic E-state index is 9.51. The Morgan fingerprint density at radius 3 is 1.09 bits per heavy atom. The minimum Gasteiger partial charge on any atom is -0.456 e. The van der Waals surface area contributed by atoms with Crippen LogP contribution in [0.5, 0.6) is 0 Å². The predicted molar refractivity (Wildman–Crippen MR) is 266 cm³/mol. The van der Waals surface area contributed by atoms with Crippen LogP contribution in [0.25, 0.3) is 115 Å². The van der Waals surface area contributed by atoms with Crippen molar-refractivity contribution in [1.82, 2.24) is 0 Å². The second-order valence-corrected chi connectivity index (χ2v) is 19.2. The van der Waals surface area contributed by atoms with Gasteiger partial charge in [-0.3, -0.25) is 0 Å². The summed E-state index contributed by atoms with van der Waals surface area (Å²) in [6, 6.07) is 57.9. The number of furan rings is 2. The van der Waals surface area contributed by atoms with Crippen LogP contribution in [0.1, 0.15) is 58.2 Å². The molecule has 0 radical (unpaired) electrons. The van der Waals surface area contributed by atoms with E-state index in [-0.39, 0.29) is 10.8 Å². The number of nitriles is 1. The lowest BCUT2D eigenvalue weighted by Gasteiger charge is -2.31. The molecule has 11 rings (SSSR count). The van der Waals surface area contributed by atoms with E-state index in [0.717, 1.165) is 66.1 Å². The third-order valence-electron chi connectivity index (χ3n) is 12.9. The quantitative estimate of drug-likeness (QED) is 0.131. The van der Waals surface area contributed by atoms with Crippen LogP contribution in [0, 0.1) is 17.9 Å². The Balaban J connectivity index is 0.971. The molecular weight excluding hydrogens is 781 g/mol. The summed E-state index contributed by atoms with van der Waals surface area (Å²) in [5.74, 6) is 0. The Morgan fingerprint density at radius 2 is 0.703 bits per heavy atom. The van der Waals surface area contributed by atoms with Gasteiger partial charge in [-0.1, -0.05) is 133 Å². The molecule has 2 aromatic heterocycles. The fraction of sp³-hybridized carbons (Fsp3) is 0.133. The maximum absolute atomic E-state index is 9.51. The molecule has 0 N–H and O–H groups in total. The average molecular weight is 825 g/mol. The van der Waals surface area contributed by atoms with Crippen LogP contribution in [0.15, 0.2) is 167 Å². The molecule has 0 aliphatic carbocycles. The summed E-state index contributed by atoms with van der Waals surface area (Å²) in [4.78, 5) is 3.64. The van der Waals surface area contributed by atoms with E-state index in [1.807, 2.05) is 36.4 Å². The van der Waals surface area contributed by atoms with E-state index in [4.69, 9.17) is 15.4 Å². The summed E-state index contributed by atoms with van der Waals surface area (Å²) < 4.78 is 12.2. The molecule has 0 aliphatic heterocycles. The second kappa shape index (κ2) is 14.3. The Kier molecular flexibility index (Phi) is 8.72. The lowest BCUT2D eigenvalue weighted by atomic mass is 9.73. The molecule has 4 heteroatoms. The van der Waals surface area contributed by atoms with Gasteiger partial charge in [-0.2, -0.15) is 5.26 Å². The smallest absolute Gasteiger partial charge is 0.188 e. The number of hydrogen-bond donors (Lipinski definition) is 0. The van der Waals surface area contributed by atoms with Crippen LogP contribution < -0.4 is 0 Å². The van der Waals surface area contributed by atoms with Gasteiger partial charge in [0.25, 0.3) is 0 Å². The molecule has 306 valence electrons. The lowest BCUT2D eigenvalue weighted by molar-refractivity contribution is 0.593. The summed E-state index contributed by atoms with van der Waals surface area (Å²) in [7, 11) is 0. The van der Waals surface area contributed by atoms with Gasteiger partial charge in [-0.05, 0) is 155 Å². The van der Waals surface area contributed by atoms with Crippen molar-refractivity contribution >= 4 is 71.1 Å². The van der Waals surface area contributed by atoms with Gasteiger partial charge in [-0.25, -0.2) is 4.85 Å². The highest BCUT2D eigenvalue weighted by Gasteiger charge is 2.28. The van der Waals surface area contributed by atoms with E-state index in [2.05, 4.69) is 162 Å². The van der Waals surface area contributed by atoms with Gasteiger partial charge in [0.05, 0.1) is 18.2 Å². The van der Waals surface area contributed by atoms with Crippen molar-refractivity contribution in [2.75, 3.05) is 0 Å². The Bertz CT molecular complexity index is 3540. The minimum absolute atomic E-state index is 0.123. The Labute approximate surface area is 372 Å². The highest BCUT2D eigenvalue weighted by atomic mass is 16.3. The fourth-order valence-corrected chi connectivity index (χ4v) is 9.95. The normalized spacial score (nSPS) is 12.2. The molecule has 0 amide bonds. The second-order valence-electron chi connectivity index (χ2n) is 19.2. The molecule has 0 bridgehead atoms. The van der Waals surface area contributed by atoms with Gasteiger partial charge in [0.1, 0.15) is 22.3 Å². The SMILES string of the molecule is [C-]#[N+]c1ccc2oc3ccc(-c4ccc(-c5ccc6c(C(C)(C)C)c7cc(-c8ccc(-c9ccc%10oc%11ccc(C#N)cc%11c%10c9)cc8)ccc7c(C(C)(C)C)c6c5)cc4)cc3c2c1. The third-order valence-corrected chi connectivity index (χ3v) is 12.9. The summed E-state index contributed by atoms with van der Waals surface area (Å²) >= 11 is 0. The Hall–Kier alpha value is -7.92. The highest BCUT2D eigenvalue weighted by Crippen LogP contribution is 2.46. The highest BCUT2D eigenvalue weighted by molar-refractivity contribution is 6.11. The van der Waals surface area contributed by atoms with Crippen molar-refractivity contribution in [1.29, 1.82) is 5.26 Å². The molecule has 0 spiro atoms. The largest absolute Gasteiger partial charge is 0.456 e. The van der Waals surface area contributed by atoms with Crippen molar-refractivity contribution in [3.63, 3.8) is 0 Å². The monoisotopic (exact) mass is 824 g/mol. The van der Waals surface area contributed by atoms with Crippen LogP contribution >= 0.6 is 0 Å². The molecule has 0 aliphatic rings. The first-order valence-corrected chi connectivity index (χ1v) is 21.8. The summed E-state index contributed by atoms with van der Waals surface area (Å²) in [5, 5.41) is 18.6. The van der Waals surface area contributed by atoms with E-state index >= 15 is 0 Å². The molecule has 2 heterocycles. The van der Waals surface area contributed by atoms with Gasteiger partial charge < -0.3 is 8.83 Å². The van der Waals surface area contributed by atoms with Crippen LogP contribution in [-0.2, 0) is 10.8 Å². The number of rotatable bonds is 4. The van der Waals surface area contributed by atoms with Crippen LogP contribution in [0.2, 0.25) is 0 Å². The van der Waals surface area contributed by atoms with Gasteiger partial charge in [0.15, 0.2) is 5.69 Å².